The molecule has 1 N–H and O–H groups in total. The first-order valence-electron chi connectivity index (χ1n) is 7.45. The molecule has 1 aliphatic heterocycles. The van der Waals surface area contributed by atoms with Gasteiger partial charge in [0.15, 0.2) is 0 Å². The molecule has 5 nitrogen and oxygen atoms in total. The molecule has 2 aliphatic rings. The van der Waals surface area contributed by atoms with E-state index in [9.17, 15) is 9.59 Å². The lowest BCUT2D eigenvalue weighted by Crippen LogP contribution is -2.54. The first kappa shape index (κ1) is 14.1. The molecule has 3 rings (SSSR count). The van der Waals surface area contributed by atoms with E-state index in [1.54, 1.807) is 4.90 Å². The Morgan fingerprint density at radius 3 is 2.67 bits per heavy atom. The zero-order chi connectivity index (χ0) is 14.7. The lowest BCUT2D eigenvalue weighted by atomic mass is 10.0. The topological polar surface area (TPSA) is 58.6 Å². The van der Waals surface area contributed by atoms with Crippen molar-refractivity contribution in [2.75, 3.05) is 26.3 Å². The van der Waals surface area contributed by atoms with Gasteiger partial charge in [-0.05, 0) is 24.3 Å². The zero-order valence-corrected chi connectivity index (χ0v) is 12.0. The predicted octanol–water partition coefficient (Wildman–Crippen LogP) is 1.11. The van der Waals surface area contributed by atoms with Crippen LogP contribution in [0.3, 0.4) is 0 Å². The van der Waals surface area contributed by atoms with Crippen molar-refractivity contribution in [3.63, 3.8) is 0 Å². The number of amides is 2. The Morgan fingerprint density at radius 2 is 1.95 bits per heavy atom. The van der Waals surface area contributed by atoms with Gasteiger partial charge in [0.05, 0.1) is 13.2 Å². The van der Waals surface area contributed by atoms with Crippen molar-refractivity contribution in [3.05, 3.63) is 35.9 Å². The number of ether oxygens (including phenoxy) is 1. The summed E-state index contributed by atoms with van der Waals surface area (Å²) in [6.45, 7) is 1.87. The van der Waals surface area contributed by atoms with Crippen LogP contribution >= 0.6 is 0 Å². The summed E-state index contributed by atoms with van der Waals surface area (Å²) in [4.78, 5) is 25.9. The molecule has 21 heavy (non-hydrogen) atoms. The Bertz CT molecular complexity index is 514. The van der Waals surface area contributed by atoms with Gasteiger partial charge >= 0.3 is 0 Å². The Balaban J connectivity index is 1.58. The summed E-state index contributed by atoms with van der Waals surface area (Å²) in [7, 11) is 0. The van der Waals surface area contributed by atoms with E-state index in [1.165, 1.54) is 12.8 Å². The second kappa shape index (κ2) is 6.26. The minimum atomic E-state index is -0.573. The monoisotopic (exact) mass is 288 g/mol. The number of hydrogen-bond acceptors (Lipinski definition) is 3. The van der Waals surface area contributed by atoms with Gasteiger partial charge < -0.3 is 15.0 Å². The lowest BCUT2D eigenvalue weighted by molar-refractivity contribution is -0.145. The molecule has 2 amide bonds. The number of benzene rings is 1. The van der Waals surface area contributed by atoms with Gasteiger partial charge in [-0.25, -0.2) is 0 Å². The van der Waals surface area contributed by atoms with Crippen molar-refractivity contribution in [1.82, 2.24) is 10.2 Å². The summed E-state index contributed by atoms with van der Waals surface area (Å²) in [5, 5.41) is 2.76. The minimum absolute atomic E-state index is 0.0594. The van der Waals surface area contributed by atoms with Gasteiger partial charge in [0, 0.05) is 13.2 Å². The Kier molecular flexibility index (Phi) is 4.20. The van der Waals surface area contributed by atoms with Crippen molar-refractivity contribution < 1.29 is 14.3 Å². The van der Waals surface area contributed by atoms with E-state index >= 15 is 0 Å². The number of carbonyl (C=O) groups excluding carboxylic acids is 2. The molecule has 1 heterocycles. The summed E-state index contributed by atoms with van der Waals surface area (Å²) < 4.78 is 5.56. The van der Waals surface area contributed by atoms with Gasteiger partial charge in [0.2, 0.25) is 11.8 Å². The fourth-order valence-electron chi connectivity index (χ4n) is 2.47. The average Bonchev–Trinajstić information content (AvgIpc) is 3.32. The molecule has 1 saturated carbocycles. The molecular weight excluding hydrogens is 268 g/mol. The summed E-state index contributed by atoms with van der Waals surface area (Å²) in [5.74, 6) is 0.531. The number of carbonyl (C=O) groups is 2. The van der Waals surface area contributed by atoms with E-state index in [2.05, 4.69) is 5.32 Å². The molecule has 2 fully saturated rings. The standard InChI is InChI=1S/C16H20N2O3/c19-14-10-18(8-9-21-11-12-6-7-12)16(20)15(17-14)13-4-2-1-3-5-13/h1-5,12,15H,6-11H2,(H,17,19). The summed E-state index contributed by atoms with van der Waals surface area (Å²) >= 11 is 0. The molecule has 1 unspecified atom stereocenters. The zero-order valence-electron chi connectivity index (χ0n) is 12.0. The average molecular weight is 288 g/mol. The SMILES string of the molecule is O=C1CN(CCOCC2CC2)C(=O)C(c2ccccc2)N1. The summed E-state index contributed by atoms with van der Waals surface area (Å²) in [5.41, 5.74) is 0.819. The van der Waals surface area contributed by atoms with Crippen LogP contribution in [0.25, 0.3) is 0 Å². The molecule has 1 aromatic carbocycles. The smallest absolute Gasteiger partial charge is 0.250 e. The van der Waals surface area contributed by atoms with Crippen molar-refractivity contribution in [2.24, 2.45) is 5.92 Å². The number of piperazine rings is 1. The van der Waals surface area contributed by atoms with Crippen LogP contribution < -0.4 is 5.32 Å². The first-order chi connectivity index (χ1) is 10.2. The maximum absolute atomic E-state index is 12.5. The molecule has 0 bridgehead atoms. The fourth-order valence-corrected chi connectivity index (χ4v) is 2.47. The molecule has 1 atom stereocenters. The Hall–Kier alpha value is -1.88. The van der Waals surface area contributed by atoms with E-state index in [4.69, 9.17) is 4.74 Å². The highest BCUT2D eigenvalue weighted by atomic mass is 16.5. The van der Waals surface area contributed by atoms with Crippen molar-refractivity contribution in [3.8, 4) is 0 Å². The first-order valence-corrected chi connectivity index (χ1v) is 7.45. The second-order valence-corrected chi connectivity index (χ2v) is 5.69. The number of nitrogens with zero attached hydrogens (tertiary/aromatic N) is 1. The highest BCUT2D eigenvalue weighted by molar-refractivity contribution is 5.95. The number of rotatable bonds is 6. The van der Waals surface area contributed by atoms with Crippen LogP contribution in [-0.2, 0) is 14.3 Å². The van der Waals surface area contributed by atoms with E-state index in [0.29, 0.717) is 19.1 Å². The number of hydrogen-bond donors (Lipinski definition) is 1. The molecule has 1 saturated heterocycles. The Morgan fingerprint density at radius 1 is 1.19 bits per heavy atom. The quantitative estimate of drug-likeness (QED) is 0.798. The van der Waals surface area contributed by atoms with Crippen LogP contribution in [0.2, 0.25) is 0 Å². The lowest BCUT2D eigenvalue weighted by Gasteiger charge is -2.32. The number of nitrogens with one attached hydrogen (secondary N) is 1. The highest BCUT2D eigenvalue weighted by Crippen LogP contribution is 2.28. The maximum atomic E-state index is 12.5. The maximum Gasteiger partial charge on any atom is 0.250 e. The summed E-state index contributed by atoms with van der Waals surface area (Å²) in [6, 6.07) is 8.77. The van der Waals surface area contributed by atoms with E-state index in [-0.39, 0.29) is 18.4 Å². The molecule has 1 aliphatic carbocycles. The van der Waals surface area contributed by atoms with Gasteiger partial charge in [-0.1, -0.05) is 30.3 Å². The van der Waals surface area contributed by atoms with Crippen LogP contribution in [0.1, 0.15) is 24.4 Å². The van der Waals surface area contributed by atoms with E-state index in [1.807, 2.05) is 30.3 Å². The van der Waals surface area contributed by atoms with E-state index in [0.717, 1.165) is 12.2 Å². The van der Waals surface area contributed by atoms with Gasteiger partial charge in [-0.15, -0.1) is 0 Å². The molecule has 0 aromatic heterocycles. The second-order valence-electron chi connectivity index (χ2n) is 5.69. The van der Waals surface area contributed by atoms with Gasteiger partial charge in [0.1, 0.15) is 6.04 Å². The van der Waals surface area contributed by atoms with Crippen LogP contribution in [0, 0.1) is 5.92 Å². The third kappa shape index (κ3) is 3.61. The van der Waals surface area contributed by atoms with E-state index < -0.39 is 6.04 Å². The van der Waals surface area contributed by atoms with Crippen LogP contribution in [0.15, 0.2) is 30.3 Å². The van der Waals surface area contributed by atoms with Gasteiger partial charge in [-0.3, -0.25) is 9.59 Å². The van der Waals surface area contributed by atoms with Crippen LogP contribution in [0.5, 0.6) is 0 Å². The molecule has 0 spiro atoms. The molecule has 0 radical (unpaired) electrons. The molecule has 1 aromatic rings. The van der Waals surface area contributed by atoms with Crippen LogP contribution in [0.4, 0.5) is 0 Å². The minimum Gasteiger partial charge on any atom is -0.379 e. The highest BCUT2D eigenvalue weighted by Gasteiger charge is 2.33. The predicted molar refractivity (Wildman–Crippen MR) is 77.4 cm³/mol. The third-order valence-electron chi connectivity index (χ3n) is 3.89. The molecule has 5 heteroatoms. The van der Waals surface area contributed by atoms with Crippen molar-refractivity contribution in [1.29, 1.82) is 0 Å². The molecule has 112 valence electrons. The van der Waals surface area contributed by atoms with Gasteiger partial charge in [-0.2, -0.15) is 0 Å². The molecular formula is C16H20N2O3. The largest absolute Gasteiger partial charge is 0.379 e. The normalized spacial score (nSPS) is 22.3. The summed E-state index contributed by atoms with van der Waals surface area (Å²) in [6.07, 6.45) is 2.50. The van der Waals surface area contributed by atoms with Crippen molar-refractivity contribution in [2.45, 2.75) is 18.9 Å². The third-order valence-corrected chi connectivity index (χ3v) is 3.89. The Labute approximate surface area is 124 Å². The fraction of sp³-hybridized carbons (Fsp3) is 0.500. The van der Waals surface area contributed by atoms with Crippen LogP contribution in [-0.4, -0.2) is 43.0 Å². The van der Waals surface area contributed by atoms with Crippen molar-refractivity contribution >= 4 is 11.8 Å². The van der Waals surface area contributed by atoms with Gasteiger partial charge in [0.25, 0.3) is 0 Å².